The summed E-state index contributed by atoms with van der Waals surface area (Å²) in [7, 11) is 0. The average molecular weight is 324 g/mol. The minimum Gasteiger partial charge on any atom is -0.445 e. The number of amides is 1. The van der Waals surface area contributed by atoms with Crippen molar-refractivity contribution in [3.05, 3.63) is 71.8 Å². The molecule has 1 aliphatic rings. The van der Waals surface area contributed by atoms with E-state index in [0.717, 1.165) is 18.4 Å². The molecule has 1 heterocycles. The molecule has 126 valence electrons. The molecule has 2 unspecified atom stereocenters. The van der Waals surface area contributed by atoms with E-state index in [-0.39, 0.29) is 12.1 Å². The van der Waals surface area contributed by atoms with Crippen LogP contribution in [0.5, 0.6) is 0 Å². The Morgan fingerprint density at radius 3 is 2.29 bits per heavy atom. The predicted molar refractivity (Wildman–Crippen MR) is 94.4 cm³/mol. The highest BCUT2D eigenvalue weighted by Gasteiger charge is 2.37. The Labute approximate surface area is 143 Å². The molecule has 24 heavy (non-hydrogen) atoms. The number of ether oxygens (including phenoxy) is 1. The lowest BCUT2D eigenvalue weighted by Crippen LogP contribution is -2.41. The number of benzene rings is 2. The van der Waals surface area contributed by atoms with Crippen LogP contribution in [0, 0.1) is 5.92 Å². The molecule has 0 aromatic heterocycles. The summed E-state index contributed by atoms with van der Waals surface area (Å²) in [5.74, 6) is 0.328. The van der Waals surface area contributed by atoms with Gasteiger partial charge in [-0.05, 0) is 36.4 Å². The highest BCUT2D eigenvalue weighted by molar-refractivity contribution is 5.68. The number of nitrogens with two attached hydrogens (primary N) is 1. The Balaban J connectivity index is 1.64. The van der Waals surface area contributed by atoms with E-state index in [4.69, 9.17) is 10.5 Å². The van der Waals surface area contributed by atoms with E-state index in [0.29, 0.717) is 25.6 Å². The molecule has 1 saturated heterocycles. The first kappa shape index (κ1) is 16.5. The summed E-state index contributed by atoms with van der Waals surface area (Å²) in [6, 6.07) is 20.1. The zero-order chi connectivity index (χ0) is 16.8. The van der Waals surface area contributed by atoms with Crippen molar-refractivity contribution in [3.63, 3.8) is 0 Å². The molecular weight excluding hydrogens is 300 g/mol. The lowest BCUT2D eigenvalue weighted by Gasteiger charge is -2.27. The maximum Gasteiger partial charge on any atom is 0.410 e. The molecular formula is C20H24N2O2. The van der Waals surface area contributed by atoms with E-state index in [9.17, 15) is 4.79 Å². The highest BCUT2D eigenvalue weighted by atomic mass is 16.6. The molecule has 0 aliphatic carbocycles. The summed E-state index contributed by atoms with van der Waals surface area (Å²) in [5, 5.41) is 0. The van der Waals surface area contributed by atoms with Crippen LogP contribution in [-0.4, -0.2) is 30.1 Å². The Kier molecular flexibility index (Phi) is 5.49. The van der Waals surface area contributed by atoms with Gasteiger partial charge in [-0.15, -0.1) is 0 Å². The summed E-state index contributed by atoms with van der Waals surface area (Å²) >= 11 is 0. The van der Waals surface area contributed by atoms with Crippen molar-refractivity contribution in [2.24, 2.45) is 11.7 Å². The van der Waals surface area contributed by atoms with Crippen LogP contribution in [0.2, 0.25) is 0 Å². The van der Waals surface area contributed by atoms with Crippen LogP contribution in [0.25, 0.3) is 0 Å². The predicted octanol–water partition coefficient (Wildman–Crippen LogP) is 3.22. The number of carbonyl (C=O) groups excluding carboxylic acids is 1. The summed E-state index contributed by atoms with van der Waals surface area (Å²) in [5.41, 5.74) is 8.15. The summed E-state index contributed by atoms with van der Waals surface area (Å²) in [6.45, 7) is 1.62. The van der Waals surface area contributed by atoms with Gasteiger partial charge < -0.3 is 15.4 Å². The third kappa shape index (κ3) is 3.95. The second-order valence-electron chi connectivity index (χ2n) is 6.28. The fraction of sp³-hybridized carbons (Fsp3) is 0.350. The van der Waals surface area contributed by atoms with E-state index in [1.165, 1.54) is 5.56 Å². The molecule has 1 aliphatic heterocycles. The zero-order valence-corrected chi connectivity index (χ0v) is 13.8. The van der Waals surface area contributed by atoms with Gasteiger partial charge in [0.2, 0.25) is 0 Å². The van der Waals surface area contributed by atoms with Crippen molar-refractivity contribution in [2.45, 2.75) is 25.5 Å². The molecule has 2 atom stereocenters. The molecule has 4 heteroatoms. The van der Waals surface area contributed by atoms with E-state index < -0.39 is 0 Å². The second-order valence-corrected chi connectivity index (χ2v) is 6.28. The topological polar surface area (TPSA) is 55.6 Å². The first-order valence-electron chi connectivity index (χ1n) is 8.49. The second kappa shape index (κ2) is 7.97. The first-order chi connectivity index (χ1) is 11.8. The van der Waals surface area contributed by atoms with Gasteiger partial charge in [-0.25, -0.2) is 4.79 Å². The van der Waals surface area contributed by atoms with Crippen molar-refractivity contribution in [1.29, 1.82) is 0 Å². The summed E-state index contributed by atoms with van der Waals surface area (Å²) < 4.78 is 5.52. The van der Waals surface area contributed by atoms with Gasteiger partial charge in [-0.1, -0.05) is 60.7 Å². The normalized spacial score (nSPS) is 20.1. The van der Waals surface area contributed by atoms with Gasteiger partial charge in [0.1, 0.15) is 6.61 Å². The van der Waals surface area contributed by atoms with Crippen molar-refractivity contribution in [1.82, 2.24) is 4.90 Å². The van der Waals surface area contributed by atoms with Crippen molar-refractivity contribution in [2.75, 3.05) is 13.1 Å². The van der Waals surface area contributed by atoms with Gasteiger partial charge in [0.25, 0.3) is 0 Å². The summed E-state index contributed by atoms with van der Waals surface area (Å²) in [4.78, 5) is 14.4. The standard InChI is InChI=1S/C20H24N2O2/c21-14-18-11-12-22(19(18)13-16-7-3-1-4-8-16)20(23)24-15-17-9-5-2-6-10-17/h1-10,18-19H,11-15,21H2. The van der Waals surface area contributed by atoms with Crippen LogP contribution >= 0.6 is 0 Å². The third-order valence-corrected chi connectivity index (χ3v) is 4.72. The number of hydrogen-bond acceptors (Lipinski definition) is 3. The number of carbonyl (C=O) groups is 1. The number of nitrogens with zero attached hydrogens (tertiary/aromatic N) is 1. The maximum absolute atomic E-state index is 12.5. The largest absolute Gasteiger partial charge is 0.445 e. The fourth-order valence-corrected chi connectivity index (χ4v) is 3.35. The minimum absolute atomic E-state index is 0.112. The van der Waals surface area contributed by atoms with E-state index >= 15 is 0 Å². The van der Waals surface area contributed by atoms with Crippen molar-refractivity contribution < 1.29 is 9.53 Å². The Hall–Kier alpha value is -2.33. The van der Waals surface area contributed by atoms with Crippen LogP contribution in [0.1, 0.15) is 17.5 Å². The number of likely N-dealkylation sites (tertiary alicyclic amines) is 1. The van der Waals surface area contributed by atoms with Crippen LogP contribution < -0.4 is 5.73 Å². The number of rotatable bonds is 5. The molecule has 0 bridgehead atoms. The highest BCUT2D eigenvalue weighted by Crippen LogP contribution is 2.27. The SMILES string of the molecule is NCC1CCN(C(=O)OCc2ccccc2)C1Cc1ccccc1. The fourth-order valence-electron chi connectivity index (χ4n) is 3.35. The molecule has 4 nitrogen and oxygen atoms in total. The van der Waals surface area contributed by atoms with Gasteiger partial charge in [-0.2, -0.15) is 0 Å². The molecule has 2 N–H and O–H groups in total. The average Bonchev–Trinajstić information content (AvgIpc) is 3.04. The van der Waals surface area contributed by atoms with Crippen molar-refractivity contribution in [3.8, 4) is 0 Å². The Morgan fingerprint density at radius 2 is 1.67 bits per heavy atom. The van der Waals surface area contributed by atoms with Crippen LogP contribution in [0.15, 0.2) is 60.7 Å². The zero-order valence-electron chi connectivity index (χ0n) is 13.8. The molecule has 0 saturated carbocycles. The molecule has 2 aromatic rings. The van der Waals surface area contributed by atoms with Crippen molar-refractivity contribution >= 4 is 6.09 Å². The molecule has 3 rings (SSSR count). The first-order valence-corrected chi connectivity index (χ1v) is 8.49. The Bertz CT molecular complexity index is 645. The molecule has 0 radical (unpaired) electrons. The van der Waals surface area contributed by atoms with E-state index in [1.807, 2.05) is 53.4 Å². The van der Waals surface area contributed by atoms with E-state index in [2.05, 4.69) is 12.1 Å². The van der Waals surface area contributed by atoms with Crippen LogP contribution in [0.4, 0.5) is 4.79 Å². The van der Waals surface area contributed by atoms with Crippen LogP contribution in [-0.2, 0) is 17.8 Å². The number of hydrogen-bond donors (Lipinski definition) is 1. The smallest absolute Gasteiger partial charge is 0.410 e. The lowest BCUT2D eigenvalue weighted by molar-refractivity contribution is 0.0886. The minimum atomic E-state index is -0.240. The molecule has 2 aromatic carbocycles. The van der Waals surface area contributed by atoms with Gasteiger partial charge in [0, 0.05) is 12.6 Å². The van der Waals surface area contributed by atoms with Gasteiger partial charge in [0.15, 0.2) is 0 Å². The van der Waals surface area contributed by atoms with Gasteiger partial charge >= 0.3 is 6.09 Å². The Morgan fingerprint density at radius 1 is 1.04 bits per heavy atom. The summed E-state index contributed by atoms with van der Waals surface area (Å²) in [6.07, 6.45) is 1.52. The monoisotopic (exact) mass is 324 g/mol. The van der Waals surface area contributed by atoms with Gasteiger partial charge in [-0.3, -0.25) is 0 Å². The quantitative estimate of drug-likeness (QED) is 0.919. The van der Waals surface area contributed by atoms with E-state index in [1.54, 1.807) is 0 Å². The third-order valence-electron chi connectivity index (χ3n) is 4.72. The van der Waals surface area contributed by atoms with Gasteiger partial charge in [0.05, 0.1) is 0 Å². The molecule has 1 amide bonds. The molecule has 0 spiro atoms. The lowest BCUT2D eigenvalue weighted by atomic mass is 9.94. The van der Waals surface area contributed by atoms with Crippen LogP contribution in [0.3, 0.4) is 0 Å². The maximum atomic E-state index is 12.5. The molecule has 1 fully saturated rings.